The lowest BCUT2D eigenvalue weighted by Gasteiger charge is -2.24. The molecule has 0 aliphatic carbocycles. The number of hydrogen-bond acceptors (Lipinski definition) is 15. The van der Waals surface area contributed by atoms with Crippen LogP contribution in [0.15, 0.2) is 60.0 Å². The van der Waals surface area contributed by atoms with E-state index < -0.39 is 0 Å². The topological polar surface area (TPSA) is 214 Å². The molecule has 7 aromatic rings. The predicted octanol–water partition coefficient (Wildman–Crippen LogP) is 7.38. The van der Waals surface area contributed by atoms with Crippen molar-refractivity contribution < 1.29 is 19.0 Å². The number of aromatic amines is 1. The van der Waals surface area contributed by atoms with Crippen molar-refractivity contribution in [3.05, 3.63) is 88.9 Å². The van der Waals surface area contributed by atoms with Gasteiger partial charge in [-0.15, -0.1) is 0 Å². The Labute approximate surface area is 414 Å². The molecule has 0 amide bonds. The van der Waals surface area contributed by atoms with Crippen molar-refractivity contribution in [3.63, 3.8) is 0 Å². The molecule has 0 bridgehead atoms. The third-order valence-corrected chi connectivity index (χ3v) is 13.5. The zero-order valence-electron chi connectivity index (χ0n) is 41.9. The van der Waals surface area contributed by atoms with Crippen LogP contribution in [0.1, 0.15) is 99.6 Å². The second-order valence-electron chi connectivity index (χ2n) is 18.3. The molecular weight excluding hydrogens is 899 g/mol. The Morgan fingerprint density at radius 1 is 0.676 bits per heavy atom. The van der Waals surface area contributed by atoms with E-state index in [-0.39, 0.29) is 5.78 Å². The Bertz CT molecular complexity index is 2980. The maximum absolute atomic E-state index is 11.6. The molecule has 11 rings (SSSR count). The first-order valence-corrected chi connectivity index (χ1v) is 25.2. The Morgan fingerprint density at radius 2 is 1.24 bits per heavy atom. The minimum atomic E-state index is 0.0895. The number of aryl methyl sites for hydroxylation is 5. The summed E-state index contributed by atoms with van der Waals surface area (Å²) in [4.78, 5) is 30.0. The van der Waals surface area contributed by atoms with Crippen molar-refractivity contribution >= 4 is 56.8 Å². The molecule has 19 nitrogen and oxygen atoms in total. The molecule has 3 saturated heterocycles. The van der Waals surface area contributed by atoms with E-state index in [0.29, 0.717) is 31.1 Å². The van der Waals surface area contributed by atoms with Crippen LogP contribution in [0.25, 0.3) is 39.3 Å². The number of nitrogens with one attached hydrogen (secondary N) is 4. The van der Waals surface area contributed by atoms with Crippen molar-refractivity contribution in [1.29, 1.82) is 0 Å². The van der Waals surface area contributed by atoms with Gasteiger partial charge in [-0.05, 0) is 99.4 Å². The fraction of sp³-hybridized carbons (Fsp3) is 0.481. The minimum Gasteiger partial charge on any atom is -0.381 e. The van der Waals surface area contributed by atoms with Gasteiger partial charge < -0.3 is 30.2 Å². The number of H-pyrrole nitrogens is 1. The number of hydrogen-bond donors (Lipinski definition) is 4. The summed E-state index contributed by atoms with van der Waals surface area (Å²) in [5.74, 6) is 2.72. The minimum absolute atomic E-state index is 0.0895. The molecule has 0 atom stereocenters. The number of allylic oxidation sites excluding steroid dienone is 1. The second-order valence-corrected chi connectivity index (χ2v) is 18.3. The van der Waals surface area contributed by atoms with Gasteiger partial charge in [0.15, 0.2) is 5.78 Å². The quantitative estimate of drug-likeness (QED) is 0.0831. The number of carbonyl (C=O) groups is 1. The normalized spacial score (nSPS) is 16.6. The van der Waals surface area contributed by atoms with Gasteiger partial charge in [-0.2, -0.15) is 20.4 Å². The Balaban J connectivity index is 0.000000132. The smallest absolute Gasteiger partial charge is 0.155 e. The van der Waals surface area contributed by atoms with Gasteiger partial charge in [-0.3, -0.25) is 28.9 Å². The highest BCUT2D eigenvalue weighted by Gasteiger charge is 2.27. The SMILES string of the molecule is CCC(=O)/C=C/c1nn(C)c2ccnc(NC3CCOCC3)c12.CCc1cc(-c2nn(C)c3ccnc(NC4CCOCC4)c23)n[nH]1.CCc1cc(C2=NCc3ccnc(NC4CCOCC4)c32)nn1C. The van der Waals surface area contributed by atoms with Crippen LogP contribution >= 0.6 is 0 Å². The van der Waals surface area contributed by atoms with E-state index >= 15 is 0 Å². The van der Waals surface area contributed by atoms with Crippen LogP contribution in [0.3, 0.4) is 0 Å². The van der Waals surface area contributed by atoms with Gasteiger partial charge in [0, 0.05) is 121 Å². The first-order chi connectivity index (χ1) is 34.7. The number of aliphatic imine (C=N–C) groups is 1. The summed E-state index contributed by atoms with van der Waals surface area (Å²) in [5.41, 5.74) is 11.1. The second kappa shape index (κ2) is 22.9. The van der Waals surface area contributed by atoms with E-state index in [9.17, 15) is 4.79 Å². The molecule has 0 radical (unpaired) electrons. The Hall–Kier alpha value is -6.83. The number of carbonyl (C=O) groups excluding carboxylic acids is 1. The lowest BCUT2D eigenvalue weighted by atomic mass is 10.0. The van der Waals surface area contributed by atoms with Crippen LogP contribution in [-0.4, -0.2) is 124 Å². The highest BCUT2D eigenvalue weighted by Crippen LogP contribution is 2.33. The van der Waals surface area contributed by atoms with Gasteiger partial charge >= 0.3 is 0 Å². The van der Waals surface area contributed by atoms with E-state index in [1.54, 1.807) is 18.3 Å². The van der Waals surface area contributed by atoms with Crippen LogP contribution < -0.4 is 16.0 Å². The Morgan fingerprint density at radius 3 is 1.82 bits per heavy atom. The summed E-state index contributed by atoms with van der Waals surface area (Å²) < 4.78 is 22.0. The average Bonchev–Trinajstić information content (AvgIpc) is 4.26. The lowest BCUT2D eigenvalue weighted by molar-refractivity contribution is -0.114. The van der Waals surface area contributed by atoms with E-state index in [0.717, 1.165) is 170 Å². The van der Waals surface area contributed by atoms with Crippen molar-refractivity contribution in [3.8, 4) is 11.4 Å². The molecule has 71 heavy (non-hydrogen) atoms. The number of anilines is 3. The first kappa shape index (κ1) is 49.2. The third kappa shape index (κ3) is 11.4. The number of ether oxygens (including phenoxy) is 3. The van der Waals surface area contributed by atoms with Crippen molar-refractivity contribution in [2.24, 2.45) is 26.1 Å². The van der Waals surface area contributed by atoms with Gasteiger partial charge in [0.05, 0.1) is 39.8 Å². The van der Waals surface area contributed by atoms with Gasteiger partial charge in [0.2, 0.25) is 0 Å². The van der Waals surface area contributed by atoms with Gasteiger partial charge in [0.25, 0.3) is 0 Å². The molecule has 0 spiro atoms. The van der Waals surface area contributed by atoms with Crippen LogP contribution in [0.4, 0.5) is 17.5 Å². The molecule has 4 aliphatic rings. The molecular formula is C52H67N15O4. The molecule has 0 unspecified atom stereocenters. The highest BCUT2D eigenvalue weighted by atomic mass is 16.5. The lowest BCUT2D eigenvalue weighted by Crippen LogP contribution is -2.29. The summed E-state index contributed by atoms with van der Waals surface area (Å²) in [5, 5.41) is 34.1. The third-order valence-electron chi connectivity index (χ3n) is 13.5. The maximum Gasteiger partial charge on any atom is 0.155 e. The first-order valence-electron chi connectivity index (χ1n) is 25.2. The molecule has 0 saturated carbocycles. The molecule has 11 heterocycles. The van der Waals surface area contributed by atoms with E-state index in [1.807, 2.05) is 66.6 Å². The number of aromatic nitrogens is 11. The van der Waals surface area contributed by atoms with Crippen molar-refractivity contribution in [2.75, 3.05) is 55.6 Å². The van der Waals surface area contributed by atoms with E-state index in [4.69, 9.17) is 24.3 Å². The van der Waals surface area contributed by atoms with Crippen molar-refractivity contribution in [2.45, 2.75) is 103 Å². The zero-order chi connectivity index (χ0) is 49.3. The van der Waals surface area contributed by atoms with E-state index in [2.05, 4.69) is 83.3 Å². The fourth-order valence-corrected chi connectivity index (χ4v) is 9.43. The summed E-state index contributed by atoms with van der Waals surface area (Å²) in [6.45, 7) is 11.6. The molecule has 3 fully saturated rings. The molecule has 4 aliphatic heterocycles. The largest absolute Gasteiger partial charge is 0.381 e. The van der Waals surface area contributed by atoms with Gasteiger partial charge in [-0.25, -0.2) is 15.0 Å². The number of ketones is 1. The summed E-state index contributed by atoms with van der Waals surface area (Å²) >= 11 is 0. The average molecular weight is 966 g/mol. The molecule has 7 aromatic heterocycles. The summed E-state index contributed by atoms with van der Waals surface area (Å²) in [6, 6.07) is 11.3. The number of fused-ring (bicyclic) bond motifs is 3. The van der Waals surface area contributed by atoms with Crippen LogP contribution in [0, 0.1) is 0 Å². The number of rotatable bonds is 13. The monoisotopic (exact) mass is 966 g/mol. The van der Waals surface area contributed by atoms with Crippen LogP contribution in [0.5, 0.6) is 0 Å². The maximum atomic E-state index is 11.6. The van der Waals surface area contributed by atoms with E-state index in [1.165, 1.54) is 11.3 Å². The van der Waals surface area contributed by atoms with Crippen LogP contribution in [-0.2, 0) is 59.5 Å². The number of nitrogens with zero attached hydrogens (tertiary/aromatic N) is 11. The highest BCUT2D eigenvalue weighted by molar-refractivity contribution is 6.16. The molecule has 4 N–H and O–H groups in total. The van der Waals surface area contributed by atoms with Crippen molar-refractivity contribution in [1.82, 2.24) is 54.5 Å². The summed E-state index contributed by atoms with van der Waals surface area (Å²) in [7, 11) is 5.85. The van der Waals surface area contributed by atoms with Gasteiger partial charge in [0.1, 0.15) is 34.5 Å². The Kier molecular flexibility index (Phi) is 15.9. The predicted molar refractivity (Wildman–Crippen MR) is 277 cm³/mol. The van der Waals surface area contributed by atoms with Crippen LogP contribution in [0.2, 0.25) is 0 Å². The van der Waals surface area contributed by atoms with Gasteiger partial charge in [-0.1, -0.05) is 20.8 Å². The molecule has 0 aromatic carbocycles. The zero-order valence-corrected chi connectivity index (χ0v) is 41.9. The standard InChI is InChI=1S/C18H23N5O.C17H22N6O.C17H22N4O2/c1-3-14-10-15(22-23(14)2)17-16-12(11-20-17)4-7-19-18(16)21-13-5-8-24-9-6-13;1-3-11-10-13(21-20-11)16-15-14(23(2)22-16)4-7-18-17(15)19-12-5-8-24-9-6-12;1-3-13(22)4-5-14-16-15(21(2)20-14)6-9-18-17(16)19-12-7-10-23-11-8-12/h4,7,10,13H,3,5-6,8-9,11H2,1-2H3,(H,19,21);4,7,10,12H,3,5-6,8-9H2,1-2H3,(H,18,19)(H,20,21);4-6,9,12H,3,7-8,10-11H2,1-2H3,(H,18,19)/b;;5-4+. The molecule has 374 valence electrons. The molecule has 19 heteroatoms. The number of pyridine rings is 3. The summed E-state index contributed by atoms with van der Waals surface area (Å²) in [6.07, 6.45) is 17.2. The fourth-order valence-electron chi connectivity index (χ4n) is 9.43.